The summed E-state index contributed by atoms with van der Waals surface area (Å²) in [5.74, 6) is -1.19. The van der Waals surface area contributed by atoms with Crippen molar-refractivity contribution < 1.29 is 52.0 Å². The number of methoxy groups -OCH3 is 2. The van der Waals surface area contributed by atoms with E-state index in [-0.39, 0.29) is 29.7 Å². The van der Waals surface area contributed by atoms with Gasteiger partial charge in [0.15, 0.2) is 29.0 Å². The molecule has 322 valence electrons. The van der Waals surface area contributed by atoms with Gasteiger partial charge in [-0.3, -0.25) is 4.79 Å². The third-order valence-electron chi connectivity index (χ3n) is 13.0. The van der Waals surface area contributed by atoms with E-state index in [0.29, 0.717) is 25.7 Å². The quantitative estimate of drug-likeness (QED) is 0.109. The maximum atomic E-state index is 14.4. The van der Waals surface area contributed by atoms with Crippen molar-refractivity contribution >= 4 is 28.8 Å². The first kappa shape index (κ1) is 49.8. The number of hydrogen-bond donors (Lipinski definition) is 1. The van der Waals surface area contributed by atoms with Crippen LogP contribution in [0.2, 0.25) is 36.3 Å². The summed E-state index contributed by atoms with van der Waals surface area (Å²) in [6, 6.07) is 2.62. The molecule has 3 unspecified atom stereocenters. The highest BCUT2D eigenvalue weighted by molar-refractivity contribution is 6.74. The molecule has 2 aliphatic heterocycles. The van der Waals surface area contributed by atoms with Crippen molar-refractivity contribution in [2.75, 3.05) is 28.3 Å². The van der Waals surface area contributed by atoms with Gasteiger partial charge in [0.05, 0.1) is 49.1 Å². The van der Waals surface area contributed by atoms with E-state index in [0.717, 1.165) is 18.1 Å². The first-order chi connectivity index (χ1) is 25.4. The van der Waals surface area contributed by atoms with Crippen molar-refractivity contribution in [3.05, 3.63) is 12.2 Å². The molecular formula is C41H79NO11Si2. The molecule has 12 nitrogen and oxygen atoms in total. The van der Waals surface area contributed by atoms with Crippen LogP contribution in [0.25, 0.3) is 0 Å². The van der Waals surface area contributed by atoms with Gasteiger partial charge in [0.25, 0.3) is 0 Å². The zero-order chi connectivity index (χ0) is 42.2. The van der Waals surface area contributed by atoms with Gasteiger partial charge in [0.2, 0.25) is 0 Å². The molecular weight excluding hydrogens is 739 g/mol. The van der Waals surface area contributed by atoms with Crippen molar-refractivity contribution in [1.29, 1.82) is 0 Å². The molecule has 1 saturated heterocycles. The van der Waals surface area contributed by atoms with E-state index in [4.69, 9.17) is 37.3 Å². The van der Waals surface area contributed by atoms with Crippen LogP contribution in [0.5, 0.6) is 0 Å². The number of carbonyl (C=O) groups excluding carboxylic acids is 2. The summed E-state index contributed by atoms with van der Waals surface area (Å²) in [5, 5.41) is 11.8. The molecule has 2 rings (SSSR count). The number of rotatable bonds is 13. The molecule has 0 spiro atoms. The summed E-state index contributed by atoms with van der Waals surface area (Å²) in [6.07, 6.45) is 0.546. The molecule has 1 fully saturated rings. The molecule has 0 radical (unpaired) electrons. The number of nitrogens with zero attached hydrogens (tertiary/aromatic N) is 1. The molecule has 0 aromatic heterocycles. The van der Waals surface area contributed by atoms with Crippen LogP contribution < -0.4 is 0 Å². The van der Waals surface area contributed by atoms with E-state index < -0.39 is 76.6 Å². The number of ether oxygens (including phenoxy) is 6. The van der Waals surface area contributed by atoms with Crippen LogP contribution in [0, 0.1) is 5.92 Å². The fourth-order valence-electron chi connectivity index (χ4n) is 7.41. The second-order valence-corrected chi connectivity index (χ2v) is 27.5. The summed E-state index contributed by atoms with van der Waals surface area (Å²) < 4.78 is 50.8. The van der Waals surface area contributed by atoms with Gasteiger partial charge < -0.3 is 47.3 Å². The van der Waals surface area contributed by atoms with Gasteiger partial charge in [-0.2, -0.15) is 0 Å². The van der Waals surface area contributed by atoms with Gasteiger partial charge in [-0.15, -0.1) is 0 Å². The first-order valence-corrected chi connectivity index (χ1v) is 26.1. The Morgan fingerprint density at radius 1 is 1.02 bits per heavy atom. The van der Waals surface area contributed by atoms with Crippen molar-refractivity contribution in [2.45, 2.75) is 205 Å². The summed E-state index contributed by atoms with van der Waals surface area (Å²) >= 11 is 0. The van der Waals surface area contributed by atoms with Crippen LogP contribution in [0.1, 0.15) is 108 Å². The molecule has 0 aromatic carbocycles. The second kappa shape index (κ2) is 20.6. The average molecular weight is 818 g/mol. The van der Waals surface area contributed by atoms with E-state index in [1.54, 1.807) is 7.11 Å². The minimum absolute atomic E-state index is 0.141. The topological polar surface area (TPSA) is 131 Å². The van der Waals surface area contributed by atoms with Crippen LogP contribution >= 0.6 is 0 Å². The van der Waals surface area contributed by atoms with Gasteiger partial charge in [-0.25, -0.2) is 4.79 Å². The van der Waals surface area contributed by atoms with E-state index in [2.05, 4.69) is 54.6 Å². The maximum absolute atomic E-state index is 14.4. The van der Waals surface area contributed by atoms with E-state index in [9.17, 15) is 14.7 Å². The monoisotopic (exact) mass is 818 g/mol. The maximum Gasteiger partial charge on any atom is 0.508 e. The smallest absolute Gasteiger partial charge is 0.459 e. The van der Waals surface area contributed by atoms with E-state index in [1.165, 1.54) is 7.11 Å². The Hall–Kier alpha value is -1.37. The molecule has 0 amide bonds. The minimum atomic E-state index is -2.42. The van der Waals surface area contributed by atoms with E-state index >= 15 is 0 Å². The molecule has 11 atom stereocenters. The number of hydrogen-bond acceptors (Lipinski definition) is 12. The Kier molecular flexibility index (Phi) is 18.6. The van der Waals surface area contributed by atoms with Crippen LogP contribution in [-0.2, 0) is 42.1 Å². The van der Waals surface area contributed by atoms with Crippen molar-refractivity contribution in [1.82, 2.24) is 4.90 Å². The predicted molar refractivity (Wildman–Crippen MR) is 221 cm³/mol. The van der Waals surface area contributed by atoms with E-state index in [1.807, 2.05) is 65.8 Å². The minimum Gasteiger partial charge on any atom is -0.459 e. The standard InChI is InChI=1S/C41H79NO11Si2/c1-18-34-41(11,51-37-35(50-38(45)46-14)31(42(12)13)26-28(5)48-37)25-23-30(52-55(19-2,20-3)21-4)22-24-40(10,47-15)33(43)27-32(29(6)36(44)49-34)53-54(16,17)39(7,8)9/h23,25,28-35,37,43H,18-22,24,26-27H2,1-17H3/b25-23+/t28?,29-,30-,31?,32+,33-,34-,35?,37+,40-,41+/m1/s1. The number of likely N-dealkylation sites (N-methyl/N-ethyl adjacent to an activating group) is 1. The lowest BCUT2D eigenvalue weighted by Gasteiger charge is -2.46. The molecule has 0 bridgehead atoms. The fourth-order valence-corrected chi connectivity index (χ4v) is 11.7. The van der Waals surface area contributed by atoms with Gasteiger partial charge in [0, 0.05) is 13.5 Å². The highest BCUT2D eigenvalue weighted by Crippen LogP contribution is 2.41. The summed E-state index contributed by atoms with van der Waals surface area (Å²) in [6.45, 7) is 26.9. The van der Waals surface area contributed by atoms with Gasteiger partial charge in [0.1, 0.15) is 11.7 Å². The normalized spacial score (nSPS) is 35.5. The highest BCUT2D eigenvalue weighted by atomic mass is 28.4. The van der Waals surface area contributed by atoms with Crippen LogP contribution in [-0.4, -0.2) is 127 Å². The van der Waals surface area contributed by atoms with Crippen LogP contribution in [0.3, 0.4) is 0 Å². The van der Waals surface area contributed by atoms with Crippen molar-refractivity contribution in [2.24, 2.45) is 5.92 Å². The molecule has 0 saturated carbocycles. The van der Waals surface area contributed by atoms with Gasteiger partial charge >= 0.3 is 12.1 Å². The predicted octanol–water partition coefficient (Wildman–Crippen LogP) is 8.22. The lowest BCUT2D eigenvalue weighted by atomic mass is 9.85. The third kappa shape index (κ3) is 12.8. The molecule has 2 heterocycles. The van der Waals surface area contributed by atoms with Crippen molar-refractivity contribution in [3.63, 3.8) is 0 Å². The summed E-state index contributed by atoms with van der Waals surface area (Å²) in [7, 11) is 2.18. The summed E-state index contributed by atoms with van der Waals surface area (Å²) in [5.41, 5.74) is -2.22. The second-order valence-electron chi connectivity index (χ2n) is 18.0. The number of cyclic esters (lactones) is 1. The van der Waals surface area contributed by atoms with Crippen LogP contribution in [0.4, 0.5) is 4.79 Å². The molecule has 0 aliphatic carbocycles. The Morgan fingerprint density at radius 2 is 1.62 bits per heavy atom. The van der Waals surface area contributed by atoms with Crippen molar-refractivity contribution in [3.8, 4) is 0 Å². The lowest BCUT2D eigenvalue weighted by molar-refractivity contribution is -0.293. The van der Waals surface area contributed by atoms with Gasteiger partial charge in [-0.1, -0.05) is 60.6 Å². The summed E-state index contributed by atoms with van der Waals surface area (Å²) in [4.78, 5) is 29.0. The number of aliphatic hydroxyl groups is 1. The lowest BCUT2D eigenvalue weighted by Crippen LogP contribution is -2.59. The Balaban J connectivity index is 2.85. The molecule has 0 aromatic rings. The SMILES string of the molecule is CC[C@H]1OC(=O)[C@H](C)[C@@H](O[Si](C)(C)C(C)(C)C)C[C@@H](O)[C@](C)(OC)CC[C@@H](O[Si](CC)(CC)CC)/C=C/[C@]1(C)O[C@@H]1OC(C)CC(N(C)C)C1OC(=O)OC. The number of aliphatic hydroxyl groups excluding tert-OH is 1. The fraction of sp³-hybridized carbons (Fsp3) is 0.902. The molecule has 14 heteroatoms. The first-order valence-electron chi connectivity index (χ1n) is 20.6. The van der Waals surface area contributed by atoms with Gasteiger partial charge in [-0.05, 0) is 104 Å². The Bertz CT molecular complexity index is 1230. The largest absolute Gasteiger partial charge is 0.508 e. The molecule has 2 aliphatic rings. The number of carbonyl (C=O) groups is 2. The zero-order valence-electron chi connectivity index (χ0n) is 37.5. The highest BCUT2D eigenvalue weighted by Gasteiger charge is 2.49. The van der Waals surface area contributed by atoms with Crippen LogP contribution in [0.15, 0.2) is 12.2 Å². The Labute approximate surface area is 335 Å². The zero-order valence-corrected chi connectivity index (χ0v) is 39.5. The Morgan fingerprint density at radius 3 is 2.11 bits per heavy atom. The molecule has 55 heavy (non-hydrogen) atoms. The molecule has 1 N–H and O–H groups in total. The third-order valence-corrected chi connectivity index (χ3v) is 22.2. The average Bonchev–Trinajstić information content (AvgIpc) is 3.12. The number of esters is 1.